The van der Waals surface area contributed by atoms with Gasteiger partial charge in [0.25, 0.3) is 5.69 Å². The molecule has 2 N–H and O–H groups in total. The van der Waals surface area contributed by atoms with Crippen LogP contribution in [0.1, 0.15) is 25.3 Å². The third-order valence-electron chi connectivity index (χ3n) is 2.99. The van der Waals surface area contributed by atoms with Gasteiger partial charge in [-0.2, -0.15) is 0 Å². The van der Waals surface area contributed by atoms with Gasteiger partial charge in [0.2, 0.25) is 0 Å². The highest BCUT2D eigenvalue weighted by atomic mass is 16.6. The summed E-state index contributed by atoms with van der Waals surface area (Å²) in [4.78, 5) is 14.6. The van der Waals surface area contributed by atoms with Crippen LogP contribution in [0.5, 0.6) is 0 Å². The number of benzene rings is 1. The Morgan fingerprint density at radius 3 is 2.64 bits per heavy atom. The Labute approximate surface area is 131 Å². The normalized spacial score (nSPS) is 10.8. The van der Waals surface area contributed by atoms with Crippen molar-refractivity contribution in [3.05, 3.63) is 39.9 Å². The zero-order valence-electron chi connectivity index (χ0n) is 12.8. The SMILES string of the molecule is C#CCNC(=NCCCCc1ccc([N+](=O)[O-])cc1)NCC. The van der Waals surface area contributed by atoms with E-state index >= 15 is 0 Å². The van der Waals surface area contributed by atoms with E-state index in [1.54, 1.807) is 24.3 Å². The molecule has 0 heterocycles. The van der Waals surface area contributed by atoms with Gasteiger partial charge in [0.15, 0.2) is 5.96 Å². The van der Waals surface area contributed by atoms with Crippen molar-refractivity contribution in [2.24, 2.45) is 4.99 Å². The number of non-ortho nitro benzene ring substituents is 1. The highest BCUT2D eigenvalue weighted by Gasteiger charge is 2.03. The summed E-state index contributed by atoms with van der Waals surface area (Å²) in [5.74, 6) is 3.24. The summed E-state index contributed by atoms with van der Waals surface area (Å²) < 4.78 is 0. The molecule has 1 rings (SSSR count). The average molecular weight is 302 g/mol. The first kappa shape index (κ1) is 17.5. The molecule has 0 aliphatic heterocycles. The Balaban J connectivity index is 2.31. The summed E-state index contributed by atoms with van der Waals surface area (Å²) in [6.07, 6.45) is 8.03. The molecule has 1 aromatic rings. The number of aliphatic imine (C=N–C) groups is 1. The van der Waals surface area contributed by atoms with Crippen molar-refractivity contribution >= 4 is 11.6 Å². The molecule has 118 valence electrons. The molecule has 0 aliphatic rings. The lowest BCUT2D eigenvalue weighted by molar-refractivity contribution is -0.384. The number of nitro groups is 1. The van der Waals surface area contributed by atoms with Crippen molar-refractivity contribution in [3.63, 3.8) is 0 Å². The number of nitrogens with zero attached hydrogens (tertiary/aromatic N) is 2. The van der Waals surface area contributed by atoms with Crippen LogP contribution in [-0.2, 0) is 6.42 Å². The molecule has 0 saturated carbocycles. The molecule has 0 radical (unpaired) electrons. The monoisotopic (exact) mass is 302 g/mol. The van der Waals surface area contributed by atoms with Crippen molar-refractivity contribution in [1.82, 2.24) is 10.6 Å². The van der Waals surface area contributed by atoms with Gasteiger partial charge in [-0.05, 0) is 31.7 Å². The van der Waals surface area contributed by atoms with Crippen LogP contribution in [0.4, 0.5) is 5.69 Å². The quantitative estimate of drug-likeness (QED) is 0.192. The van der Waals surface area contributed by atoms with E-state index in [9.17, 15) is 10.1 Å². The van der Waals surface area contributed by atoms with Crippen molar-refractivity contribution in [1.29, 1.82) is 0 Å². The maximum Gasteiger partial charge on any atom is 0.269 e. The lowest BCUT2D eigenvalue weighted by Gasteiger charge is -2.08. The van der Waals surface area contributed by atoms with E-state index in [1.165, 1.54) is 0 Å². The average Bonchev–Trinajstić information content (AvgIpc) is 2.52. The second-order valence-electron chi connectivity index (χ2n) is 4.70. The molecule has 0 amide bonds. The summed E-state index contributed by atoms with van der Waals surface area (Å²) >= 11 is 0. The number of nitrogens with one attached hydrogen (secondary N) is 2. The maximum atomic E-state index is 10.6. The predicted octanol–water partition coefficient (Wildman–Crippen LogP) is 2.11. The summed E-state index contributed by atoms with van der Waals surface area (Å²) in [5.41, 5.74) is 1.23. The minimum absolute atomic E-state index is 0.128. The zero-order valence-corrected chi connectivity index (χ0v) is 12.8. The predicted molar refractivity (Wildman–Crippen MR) is 88.8 cm³/mol. The Morgan fingerprint density at radius 1 is 1.32 bits per heavy atom. The molecule has 0 unspecified atom stereocenters. The van der Waals surface area contributed by atoms with Gasteiger partial charge in [0.1, 0.15) is 0 Å². The fraction of sp³-hybridized carbons (Fsp3) is 0.438. The molecule has 6 nitrogen and oxygen atoms in total. The first-order chi connectivity index (χ1) is 10.7. The standard InChI is InChI=1S/C16H22N4O2/c1-3-12-18-16(17-4-2)19-13-6-5-7-14-8-10-15(11-9-14)20(21)22/h1,8-11H,4-7,12-13H2,2H3,(H2,17,18,19). The Kier molecular flexibility index (Phi) is 8.13. The Bertz CT molecular complexity index is 532. The topological polar surface area (TPSA) is 79.6 Å². The van der Waals surface area contributed by atoms with Crippen LogP contribution in [-0.4, -0.2) is 30.5 Å². The number of aryl methyl sites for hydroxylation is 1. The fourth-order valence-corrected chi connectivity index (χ4v) is 1.89. The van der Waals surface area contributed by atoms with E-state index in [2.05, 4.69) is 21.5 Å². The van der Waals surface area contributed by atoms with E-state index in [0.29, 0.717) is 13.1 Å². The first-order valence-corrected chi connectivity index (χ1v) is 7.36. The molecule has 1 aromatic carbocycles. The van der Waals surface area contributed by atoms with Crippen LogP contribution in [0.25, 0.3) is 0 Å². The van der Waals surface area contributed by atoms with E-state index in [0.717, 1.165) is 37.3 Å². The fourth-order valence-electron chi connectivity index (χ4n) is 1.89. The number of guanidine groups is 1. The van der Waals surface area contributed by atoms with Gasteiger partial charge in [-0.15, -0.1) is 6.42 Å². The van der Waals surface area contributed by atoms with Crippen molar-refractivity contribution in [3.8, 4) is 12.3 Å². The third kappa shape index (κ3) is 6.75. The second-order valence-corrected chi connectivity index (χ2v) is 4.70. The van der Waals surface area contributed by atoms with E-state index in [-0.39, 0.29) is 10.6 Å². The van der Waals surface area contributed by atoms with Crippen molar-refractivity contribution < 1.29 is 4.92 Å². The first-order valence-electron chi connectivity index (χ1n) is 7.36. The molecule has 0 bridgehead atoms. The lowest BCUT2D eigenvalue weighted by atomic mass is 10.1. The maximum absolute atomic E-state index is 10.6. The largest absolute Gasteiger partial charge is 0.357 e. The van der Waals surface area contributed by atoms with Crippen LogP contribution in [0.15, 0.2) is 29.3 Å². The van der Waals surface area contributed by atoms with E-state index in [1.807, 2.05) is 6.92 Å². The van der Waals surface area contributed by atoms with Crippen LogP contribution in [0.3, 0.4) is 0 Å². The van der Waals surface area contributed by atoms with Gasteiger partial charge in [0.05, 0.1) is 11.5 Å². The van der Waals surface area contributed by atoms with Gasteiger partial charge in [-0.1, -0.05) is 18.1 Å². The lowest BCUT2D eigenvalue weighted by Crippen LogP contribution is -2.37. The zero-order chi connectivity index (χ0) is 16.2. The van der Waals surface area contributed by atoms with Crippen LogP contribution >= 0.6 is 0 Å². The van der Waals surface area contributed by atoms with Gasteiger partial charge < -0.3 is 10.6 Å². The van der Waals surface area contributed by atoms with Crippen molar-refractivity contribution in [2.45, 2.75) is 26.2 Å². The highest BCUT2D eigenvalue weighted by molar-refractivity contribution is 5.79. The van der Waals surface area contributed by atoms with Crippen molar-refractivity contribution in [2.75, 3.05) is 19.6 Å². The summed E-state index contributed by atoms with van der Waals surface area (Å²) in [7, 11) is 0. The molecule has 0 fully saturated rings. The molecular formula is C16H22N4O2. The number of hydrogen-bond acceptors (Lipinski definition) is 3. The van der Waals surface area contributed by atoms with Gasteiger partial charge >= 0.3 is 0 Å². The third-order valence-corrected chi connectivity index (χ3v) is 2.99. The number of terminal acetylenes is 1. The molecule has 0 atom stereocenters. The molecular weight excluding hydrogens is 280 g/mol. The second kappa shape index (κ2) is 10.2. The molecule has 6 heteroatoms. The molecule has 0 aliphatic carbocycles. The number of unbranched alkanes of at least 4 members (excludes halogenated alkanes) is 1. The Morgan fingerprint density at radius 2 is 2.05 bits per heavy atom. The summed E-state index contributed by atoms with van der Waals surface area (Å²) in [5, 5.41) is 16.7. The summed E-state index contributed by atoms with van der Waals surface area (Å²) in [6, 6.07) is 6.70. The molecule has 0 saturated heterocycles. The minimum atomic E-state index is -0.385. The number of nitro benzene ring substituents is 1. The van der Waals surface area contributed by atoms with Crippen LogP contribution in [0, 0.1) is 22.5 Å². The molecule has 0 aromatic heterocycles. The van der Waals surface area contributed by atoms with Crippen LogP contribution in [0.2, 0.25) is 0 Å². The number of hydrogen-bond donors (Lipinski definition) is 2. The summed E-state index contributed by atoms with van der Waals surface area (Å²) in [6.45, 7) is 3.96. The molecule has 0 spiro atoms. The number of rotatable bonds is 8. The van der Waals surface area contributed by atoms with Gasteiger partial charge in [-0.3, -0.25) is 15.1 Å². The van der Waals surface area contributed by atoms with Gasteiger partial charge in [-0.25, -0.2) is 0 Å². The Hall–Kier alpha value is -2.55. The highest BCUT2D eigenvalue weighted by Crippen LogP contribution is 2.13. The minimum Gasteiger partial charge on any atom is -0.357 e. The van der Waals surface area contributed by atoms with E-state index in [4.69, 9.17) is 6.42 Å². The van der Waals surface area contributed by atoms with Gasteiger partial charge in [0, 0.05) is 25.2 Å². The van der Waals surface area contributed by atoms with E-state index < -0.39 is 0 Å². The smallest absolute Gasteiger partial charge is 0.269 e. The van der Waals surface area contributed by atoms with Crippen LogP contribution < -0.4 is 10.6 Å². The molecule has 22 heavy (non-hydrogen) atoms.